The van der Waals surface area contributed by atoms with Gasteiger partial charge in [0.15, 0.2) is 0 Å². The van der Waals surface area contributed by atoms with E-state index in [1.807, 2.05) is 27.9 Å². The van der Waals surface area contributed by atoms with Crippen molar-refractivity contribution < 1.29 is 4.79 Å². The molecule has 1 aromatic carbocycles. The van der Waals surface area contributed by atoms with Crippen LogP contribution in [0.5, 0.6) is 0 Å². The number of aromatic amines is 1. The van der Waals surface area contributed by atoms with Crippen LogP contribution in [-0.2, 0) is 19.6 Å². The van der Waals surface area contributed by atoms with E-state index in [1.54, 1.807) is 0 Å². The van der Waals surface area contributed by atoms with Crippen LogP contribution in [-0.4, -0.2) is 50.6 Å². The molecular formula is C22H24BrN5O. The van der Waals surface area contributed by atoms with E-state index in [0.717, 1.165) is 58.4 Å². The van der Waals surface area contributed by atoms with Crippen LogP contribution < -0.4 is 0 Å². The van der Waals surface area contributed by atoms with Gasteiger partial charge in [-0.2, -0.15) is 5.10 Å². The summed E-state index contributed by atoms with van der Waals surface area (Å²) in [6, 6.07) is 6.10. The Balaban J connectivity index is 1.44. The van der Waals surface area contributed by atoms with E-state index in [2.05, 4.69) is 57.0 Å². The Labute approximate surface area is 178 Å². The maximum absolute atomic E-state index is 13.2. The summed E-state index contributed by atoms with van der Waals surface area (Å²) in [6.07, 6.45) is 5.26. The lowest BCUT2D eigenvalue weighted by atomic mass is 10.1. The molecular weight excluding hydrogens is 430 g/mol. The van der Waals surface area contributed by atoms with Crippen LogP contribution in [0.3, 0.4) is 0 Å². The van der Waals surface area contributed by atoms with E-state index in [-0.39, 0.29) is 5.91 Å². The number of likely N-dealkylation sites (N-methyl/N-ethyl adjacent to an activating group) is 1. The highest BCUT2D eigenvalue weighted by molar-refractivity contribution is 9.10. The molecule has 0 spiro atoms. The van der Waals surface area contributed by atoms with Gasteiger partial charge in [-0.1, -0.05) is 6.08 Å². The fourth-order valence-corrected chi connectivity index (χ4v) is 4.97. The smallest absolute Gasteiger partial charge is 0.254 e. The number of amides is 1. The Bertz CT molecular complexity index is 1140. The molecule has 0 bridgehead atoms. The van der Waals surface area contributed by atoms with E-state index < -0.39 is 0 Å². The number of nitrogens with zero attached hydrogens (tertiary/aromatic N) is 4. The van der Waals surface area contributed by atoms with Gasteiger partial charge in [-0.15, -0.1) is 0 Å². The molecule has 0 atom stereocenters. The summed E-state index contributed by atoms with van der Waals surface area (Å²) in [6.45, 7) is 6.19. The number of carbonyl (C=O) groups is 1. The molecule has 0 saturated heterocycles. The minimum Gasteiger partial charge on any atom is -0.354 e. The van der Waals surface area contributed by atoms with Crippen molar-refractivity contribution >= 4 is 38.3 Å². The lowest BCUT2D eigenvalue weighted by Gasteiger charge is -2.22. The Morgan fingerprint density at radius 2 is 2.10 bits per heavy atom. The molecule has 5 rings (SSSR count). The fourth-order valence-electron chi connectivity index (χ4n) is 4.39. The molecule has 0 fully saturated rings. The largest absolute Gasteiger partial charge is 0.354 e. The molecule has 3 aromatic rings. The van der Waals surface area contributed by atoms with Crippen molar-refractivity contribution in [3.63, 3.8) is 0 Å². The molecule has 0 unspecified atom stereocenters. The van der Waals surface area contributed by atoms with Crippen molar-refractivity contribution in [2.45, 2.75) is 33.0 Å². The first-order valence-electron chi connectivity index (χ1n) is 10.1. The first kappa shape index (κ1) is 18.6. The average molecular weight is 454 g/mol. The number of halogens is 1. The zero-order chi connectivity index (χ0) is 20.1. The normalized spacial score (nSPS) is 17.1. The van der Waals surface area contributed by atoms with Crippen LogP contribution in [0.15, 0.2) is 34.9 Å². The van der Waals surface area contributed by atoms with Crippen LogP contribution in [0, 0.1) is 0 Å². The Hall–Kier alpha value is -2.38. The molecule has 7 heteroatoms. The van der Waals surface area contributed by atoms with E-state index in [0.29, 0.717) is 18.7 Å². The number of H-pyrrole nitrogens is 1. The molecule has 6 nitrogen and oxygen atoms in total. The SMILES string of the molecule is CCn1ncc2c1CN(C(=O)c1cc(Br)c3[nH]c(C4=CCCN(C)C4)cc3c1)C2. The molecule has 2 aliphatic heterocycles. The molecule has 150 valence electrons. The number of carbonyl (C=O) groups excluding carboxylic acids is 1. The van der Waals surface area contributed by atoms with Crippen molar-refractivity contribution in [1.29, 1.82) is 0 Å². The van der Waals surface area contributed by atoms with Gasteiger partial charge in [0.25, 0.3) is 5.91 Å². The third kappa shape index (κ3) is 3.22. The summed E-state index contributed by atoms with van der Waals surface area (Å²) in [7, 11) is 2.15. The lowest BCUT2D eigenvalue weighted by Crippen LogP contribution is -2.26. The first-order chi connectivity index (χ1) is 14.0. The maximum Gasteiger partial charge on any atom is 0.254 e. The quantitative estimate of drug-likeness (QED) is 0.651. The highest BCUT2D eigenvalue weighted by Crippen LogP contribution is 2.31. The minimum atomic E-state index is 0.0609. The minimum absolute atomic E-state index is 0.0609. The fraction of sp³-hybridized carbons (Fsp3) is 0.364. The van der Waals surface area contributed by atoms with Gasteiger partial charge in [-0.25, -0.2) is 0 Å². The summed E-state index contributed by atoms with van der Waals surface area (Å²) in [5.74, 6) is 0.0609. The van der Waals surface area contributed by atoms with Crippen LogP contribution >= 0.6 is 15.9 Å². The summed E-state index contributed by atoms with van der Waals surface area (Å²) >= 11 is 3.67. The maximum atomic E-state index is 13.2. The molecule has 0 aliphatic carbocycles. The van der Waals surface area contributed by atoms with Gasteiger partial charge in [0.05, 0.1) is 24.0 Å². The van der Waals surface area contributed by atoms with Gasteiger partial charge in [-0.3, -0.25) is 9.48 Å². The van der Waals surface area contributed by atoms with Crippen molar-refractivity contribution in [3.05, 3.63) is 57.5 Å². The van der Waals surface area contributed by atoms with E-state index in [4.69, 9.17) is 0 Å². The van der Waals surface area contributed by atoms with E-state index in [9.17, 15) is 4.79 Å². The number of nitrogens with one attached hydrogen (secondary N) is 1. The number of benzene rings is 1. The van der Waals surface area contributed by atoms with Crippen LogP contribution in [0.1, 0.15) is 40.7 Å². The summed E-state index contributed by atoms with van der Waals surface area (Å²) in [5, 5.41) is 5.45. The Morgan fingerprint density at radius 3 is 2.90 bits per heavy atom. The van der Waals surface area contributed by atoms with Gasteiger partial charge in [0, 0.05) is 52.9 Å². The van der Waals surface area contributed by atoms with E-state index >= 15 is 0 Å². The van der Waals surface area contributed by atoms with Crippen molar-refractivity contribution in [3.8, 4) is 0 Å². The predicted molar refractivity (Wildman–Crippen MR) is 118 cm³/mol. The van der Waals surface area contributed by atoms with Gasteiger partial charge in [0.2, 0.25) is 0 Å². The van der Waals surface area contributed by atoms with Gasteiger partial charge in [0.1, 0.15) is 0 Å². The molecule has 2 aromatic heterocycles. The molecule has 29 heavy (non-hydrogen) atoms. The third-order valence-corrected chi connectivity index (χ3v) is 6.56. The number of rotatable bonds is 3. The van der Waals surface area contributed by atoms with Gasteiger partial charge < -0.3 is 14.8 Å². The van der Waals surface area contributed by atoms with Crippen LogP contribution in [0.25, 0.3) is 16.5 Å². The number of aryl methyl sites for hydroxylation is 1. The average Bonchev–Trinajstić information content (AvgIpc) is 3.41. The molecule has 1 N–H and O–H groups in total. The van der Waals surface area contributed by atoms with Gasteiger partial charge in [-0.05, 0) is 60.1 Å². The van der Waals surface area contributed by atoms with Crippen molar-refractivity contribution in [2.24, 2.45) is 0 Å². The molecule has 4 heterocycles. The Kier molecular flexibility index (Phi) is 4.59. The standard InChI is InChI=1S/C22H24BrN5O/c1-3-28-20-13-27(12-17(20)10-24-28)22(29)16-7-15-9-19(25-21(15)18(23)8-16)14-5-4-6-26(2)11-14/h5,7-10,25H,3-4,6,11-13H2,1-2H3. The molecule has 1 amide bonds. The van der Waals surface area contributed by atoms with E-state index in [1.165, 1.54) is 5.57 Å². The van der Waals surface area contributed by atoms with Gasteiger partial charge >= 0.3 is 0 Å². The monoisotopic (exact) mass is 453 g/mol. The second-order valence-corrected chi connectivity index (χ2v) is 8.81. The number of hydrogen-bond donors (Lipinski definition) is 1. The Morgan fingerprint density at radius 1 is 1.24 bits per heavy atom. The number of aromatic nitrogens is 3. The van der Waals surface area contributed by atoms with Crippen LogP contribution in [0.4, 0.5) is 0 Å². The number of fused-ring (bicyclic) bond motifs is 2. The van der Waals surface area contributed by atoms with Crippen LogP contribution in [0.2, 0.25) is 0 Å². The van der Waals surface area contributed by atoms with Crippen molar-refractivity contribution in [1.82, 2.24) is 24.6 Å². The highest BCUT2D eigenvalue weighted by atomic mass is 79.9. The first-order valence-corrected chi connectivity index (χ1v) is 10.9. The lowest BCUT2D eigenvalue weighted by molar-refractivity contribution is 0.0748. The summed E-state index contributed by atoms with van der Waals surface area (Å²) in [4.78, 5) is 21.0. The molecule has 0 saturated carbocycles. The second kappa shape index (κ2) is 7.15. The third-order valence-electron chi connectivity index (χ3n) is 5.94. The highest BCUT2D eigenvalue weighted by Gasteiger charge is 2.28. The second-order valence-electron chi connectivity index (χ2n) is 7.95. The molecule has 0 radical (unpaired) electrons. The number of hydrogen-bond acceptors (Lipinski definition) is 3. The predicted octanol–water partition coefficient (Wildman–Crippen LogP) is 4.02. The topological polar surface area (TPSA) is 57.2 Å². The van der Waals surface area contributed by atoms with Crippen molar-refractivity contribution in [2.75, 3.05) is 20.1 Å². The summed E-state index contributed by atoms with van der Waals surface area (Å²) in [5.41, 5.74) is 6.50. The molecule has 2 aliphatic rings. The zero-order valence-corrected chi connectivity index (χ0v) is 18.3. The summed E-state index contributed by atoms with van der Waals surface area (Å²) < 4.78 is 2.90. The zero-order valence-electron chi connectivity index (χ0n) is 16.7.